The van der Waals surface area contributed by atoms with Crippen molar-refractivity contribution in [1.82, 2.24) is 9.55 Å². The first-order valence-corrected chi connectivity index (χ1v) is 11.3. The lowest BCUT2D eigenvalue weighted by atomic mass is 10.1. The minimum atomic E-state index is -5.17. The van der Waals surface area contributed by atoms with E-state index in [0.29, 0.717) is 0 Å². The smallest absolute Gasteiger partial charge is 0.505 e. The average molecular weight is 592 g/mol. The molecular formula is C24H13Cl2F6N3O4. The molecule has 0 radical (unpaired) electrons. The Morgan fingerprint density at radius 2 is 1.64 bits per heavy atom. The van der Waals surface area contributed by atoms with Crippen LogP contribution in [0.3, 0.4) is 0 Å². The molecule has 4 aromatic rings. The fourth-order valence-corrected chi connectivity index (χ4v) is 4.14. The minimum absolute atomic E-state index is 0.144. The lowest BCUT2D eigenvalue weighted by Gasteiger charge is -2.19. The van der Waals surface area contributed by atoms with Crippen molar-refractivity contribution in [3.63, 3.8) is 0 Å². The summed E-state index contributed by atoms with van der Waals surface area (Å²) in [5, 5.41) is 11.1. The van der Waals surface area contributed by atoms with Crippen molar-refractivity contribution in [2.24, 2.45) is 0 Å². The van der Waals surface area contributed by atoms with Gasteiger partial charge in [0.1, 0.15) is 5.75 Å². The first-order valence-electron chi connectivity index (χ1n) is 10.6. The van der Waals surface area contributed by atoms with Gasteiger partial charge in [0.25, 0.3) is 11.5 Å². The zero-order chi connectivity index (χ0) is 28.7. The number of benzene rings is 3. The zero-order valence-electron chi connectivity index (χ0n) is 19.0. The van der Waals surface area contributed by atoms with Crippen molar-refractivity contribution in [1.29, 1.82) is 0 Å². The summed E-state index contributed by atoms with van der Waals surface area (Å²) in [6.07, 6.45) is -10.3. The number of ether oxygens (including phenoxy) is 1. The normalized spacial score (nSPS) is 12.0. The SMILES string of the molecule is O=C(Nc1cccc2nc(C(F)(F)F)n(Cc3ccccc3OC(F)(F)F)c(=O)c12)c1cc(Cl)c(O)c(Cl)c1. The van der Waals surface area contributed by atoms with Crippen molar-refractivity contribution < 1.29 is 41.0 Å². The highest BCUT2D eigenvalue weighted by Crippen LogP contribution is 2.34. The third-order valence-corrected chi connectivity index (χ3v) is 5.87. The van der Waals surface area contributed by atoms with Crippen LogP contribution in [0.25, 0.3) is 10.9 Å². The Hall–Kier alpha value is -3.97. The summed E-state index contributed by atoms with van der Waals surface area (Å²) in [5.74, 6) is -3.86. The van der Waals surface area contributed by atoms with Gasteiger partial charge in [-0.1, -0.05) is 47.5 Å². The van der Waals surface area contributed by atoms with Gasteiger partial charge < -0.3 is 15.2 Å². The number of rotatable bonds is 5. The van der Waals surface area contributed by atoms with Gasteiger partial charge >= 0.3 is 12.5 Å². The molecule has 3 aromatic carbocycles. The molecule has 1 amide bonds. The van der Waals surface area contributed by atoms with E-state index in [1.54, 1.807) is 0 Å². The van der Waals surface area contributed by atoms with Crippen molar-refractivity contribution in [3.05, 3.63) is 91.9 Å². The van der Waals surface area contributed by atoms with Crippen LogP contribution in [-0.2, 0) is 12.7 Å². The molecule has 0 unspecified atom stereocenters. The Morgan fingerprint density at radius 1 is 1.00 bits per heavy atom. The lowest BCUT2D eigenvalue weighted by molar-refractivity contribution is -0.274. The molecule has 204 valence electrons. The van der Waals surface area contributed by atoms with Crippen LogP contribution >= 0.6 is 23.2 Å². The summed E-state index contributed by atoms with van der Waals surface area (Å²) in [6, 6.07) is 10.1. The van der Waals surface area contributed by atoms with E-state index in [4.69, 9.17) is 23.2 Å². The number of aromatic nitrogens is 2. The molecule has 1 aromatic heterocycles. The lowest BCUT2D eigenvalue weighted by Crippen LogP contribution is -2.31. The fraction of sp³-hybridized carbons (Fsp3) is 0.125. The third-order valence-electron chi connectivity index (χ3n) is 5.29. The van der Waals surface area contributed by atoms with Gasteiger partial charge in [0.05, 0.1) is 33.2 Å². The monoisotopic (exact) mass is 591 g/mol. The first kappa shape index (κ1) is 28.0. The van der Waals surface area contributed by atoms with Crippen LogP contribution < -0.4 is 15.6 Å². The van der Waals surface area contributed by atoms with E-state index in [9.17, 15) is 41.0 Å². The van der Waals surface area contributed by atoms with Crippen LogP contribution in [0, 0.1) is 0 Å². The zero-order valence-corrected chi connectivity index (χ0v) is 20.5. The minimum Gasteiger partial charge on any atom is -0.505 e. The molecule has 0 aliphatic rings. The van der Waals surface area contributed by atoms with Gasteiger partial charge in [-0.3, -0.25) is 14.2 Å². The van der Waals surface area contributed by atoms with Crippen molar-refractivity contribution in [2.45, 2.75) is 19.1 Å². The van der Waals surface area contributed by atoms with E-state index in [-0.39, 0.29) is 25.9 Å². The summed E-state index contributed by atoms with van der Waals surface area (Å²) in [4.78, 5) is 29.8. The van der Waals surface area contributed by atoms with Crippen molar-refractivity contribution >= 4 is 45.7 Å². The van der Waals surface area contributed by atoms with E-state index in [1.807, 2.05) is 0 Å². The predicted molar refractivity (Wildman–Crippen MR) is 129 cm³/mol. The van der Waals surface area contributed by atoms with E-state index >= 15 is 0 Å². The van der Waals surface area contributed by atoms with Crippen LogP contribution in [0.1, 0.15) is 21.7 Å². The number of hydrogen-bond donors (Lipinski definition) is 2. The maximum atomic E-state index is 13.9. The predicted octanol–water partition coefficient (Wildman–Crippen LogP) is 6.63. The second-order valence-electron chi connectivity index (χ2n) is 7.92. The highest BCUT2D eigenvalue weighted by molar-refractivity contribution is 6.37. The van der Waals surface area contributed by atoms with E-state index in [0.717, 1.165) is 30.3 Å². The standard InChI is InChI=1S/C24H13Cl2F6N3O4/c25-13-8-12(9-14(26)19(13)36)20(37)33-15-5-3-6-16-18(15)21(38)35(22(34-16)23(27,28)29)10-11-4-1-2-7-17(11)39-24(30,31)32/h1-9,36H,10H2,(H,33,37). The number of amides is 1. The molecule has 2 N–H and O–H groups in total. The molecule has 0 fully saturated rings. The van der Waals surface area contributed by atoms with Crippen LogP contribution in [-0.4, -0.2) is 26.9 Å². The summed E-state index contributed by atoms with van der Waals surface area (Å²) in [6.45, 7) is -0.992. The van der Waals surface area contributed by atoms with Crippen molar-refractivity contribution in [3.8, 4) is 11.5 Å². The third kappa shape index (κ3) is 6.04. The Balaban J connectivity index is 1.86. The Bertz CT molecular complexity index is 1630. The molecule has 0 spiro atoms. The number of fused-ring (bicyclic) bond motifs is 1. The van der Waals surface area contributed by atoms with Gasteiger partial charge in [-0.05, 0) is 30.3 Å². The largest absolute Gasteiger partial charge is 0.573 e. The number of aromatic hydroxyl groups is 1. The molecule has 0 saturated carbocycles. The quantitative estimate of drug-likeness (QED) is 0.254. The molecule has 1 heterocycles. The number of para-hydroxylation sites is 1. The summed E-state index contributed by atoms with van der Waals surface area (Å²) in [7, 11) is 0. The van der Waals surface area contributed by atoms with Gasteiger partial charge in [0.15, 0.2) is 5.75 Å². The summed E-state index contributed by atoms with van der Waals surface area (Å²) >= 11 is 11.7. The number of phenols is 1. The number of hydrogen-bond acceptors (Lipinski definition) is 5. The second-order valence-corrected chi connectivity index (χ2v) is 8.74. The fourth-order valence-electron chi connectivity index (χ4n) is 3.65. The topological polar surface area (TPSA) is 93.5 Å². The van der Waals surface area contributed by atoms with Gasteiger partial charge in [-0.15, -0.1) is 13.2 Å². The van der Waals surface area contributed by atoms with Crippen molar-refractivity contribution in [2.75, 3.05) is 5.32 Å². The number of alkyl halides is 6. The maximum absolute atomic E-state index is 13.9. The molecule has 0 atom stereocenters. The number of nitrogens with zero attached hydrogens (tertiary/aromatic N) is 2. The highest BCUT2D eigenvalue weighted by atomic mass is 35.5. The first-order chi connectivity index (χ1) is 18.2. The molecular weight excluding hydrogens is 579 g/mol. The average Bonchev–Trinajstić information content (AvgIpc) is 2.83. The molecule has 39 heavy (non-hydrogen) atoms. The van der Waals surface area contributed by atoms with Crippen LogP contribution in [0.2, 0.25) is 10.0 Å². The molecule has 15 heteroatoms. The number of carbonyl (C=O) groups is 1. The van der Waals surface area contributed by atoms with Crippen LogP contribution in [0.15, 0.2) is 59.4 Å². The molecule has 7 nitrogen and oxygen atoms in total. The number of halogens is 8. The van der Waals surface area contributed by atoms with E-state index < -0.39 is 64.3 Å². The molecule has 0 saturated heterocycles. The summed E-state index contributed by atoms with van der Waals surface area (Å²) in [5.41, 5.74) is -2.54. The van der Waals surface area contributed by atoms with Gasteiger partial charge in [-0.25, -0.2) is 4.98 Å². The van der Waals surface area contributed by atoms with E-state index in [1.165, 1.54) is 24.3 Å². The van der Waals surface area contributed by atoms with Gasteiger partial charge in [0, 0.05) is 11.1 Å². The second kappa shape index (κ2) is 10.3. The Morgan fingerprint density at radius 3 is 2.26 bits per heavy atom. The van der Waals surface area contributed by atoms with Crippen LogP contribution in [0.4, 0.5) is 32.0 Å². The molecule has 0 bridgehead atoms. The molecule has 0 aliphatic carbocycles. The number of phenolic OH excluding ortho intramolecular Hbond substituents is 1. The number of nitrogens with one attached hydrogen (secondary N) is 1. The highest BCUT2D eigenvalue weighted by Gasteiger charge is 2.38. The number of anilines is 1. The van der Waals surface area contributed by atoms with Gasteiger partial charge in [0.2, 0.25) is 5.82 Å². The summed E-state index contributed by atoms with van der Waals surface area (Å²) < 4.78 is 84.4. The Labute approximate surface area is 224 Å². The maximum Gasteiger partial charge on any atom is 0.573 e. The van der Waals surface area contributed by atoms with E-state index in [2.05, 4.69) is 15.0 Å². The van der Waals surface area contributed by atoms with Gasteiger partial charge in [-0.2, -0.15) is 13.2 Å². The van der Waals surface area contributed by atoms with Crippen LogP contribution in [0.5, 0.6) is 11.5 Å². The molecule has 4 rings (SSSR count). The number of carbonyl (C=O) groups excluding carboxylic acids is 1. The Kier molecular flexibility index (Phi) is 7.41. The molecule has 0 aliphatic heterocycles.